The van der Waals surface area contributed by atoms with Gasteiger partial charge in [-0.1, -0.05) is 17.7 Å². The van der Waals surface area contributed by atoms with E-state index in [-0.39, 0.29) is 23.8 Å². The summed E-state index contributed by atoms with van der Waals surface area (Å²) in [5.74, 6) is -1.01. The minimum atomic E-state index is -1.19. The summed E-state index contributed by atoms with van der Waals surface area (Å²) < 4.78 is 0. The molecule has 7 heteroatoms. The molecule has 0 bridgehead atoms. The van der Waals surface area contributed by atoms with Crippen LogP contribution in [0.2, 0.25) is 0 Å². The average molecular weight is 416 g/mol. The average Bonchev–Trinajstić information content (AvgIpc) is 3.19. The van der Waals surface area contributed by atoms with Crippen LogP contribution in [0.1, 0.15) is 43.9 Å². The lowest BCUT2D eigenvalue weighted by Crippen LogP contribution is -2.55. The fraction of sp³-hybridized carbons (Fsp3) is 0.591. The van der Waals surface area contributed by atoms with Gasteiger partial charge in [0, 0.05) is 22.8 Å². The lowest BCUT2D eigenvalue weighted by molar-refractivity contribution is -0.147. The fourth-order valence-corrected chi connectivity index (χ4v) is 5.90. The number of nitrogens with one attached hydrogen (secondary N) is 2. The molecule has 6 nitrogen and oxygen atoms in total. The molecule has 2 fully saturated rings. The molecule has 1 aromatic rings. The summed E-state index contributed by atoms with van der Waals surface area (Å²) in [5, 5.41) is 6.52. The number of nitrogens with zero attached hydrogens (tertiary/aromatic N) is 1. The van der Waals surface area contributed by atoms with Crippen LogP contribution in [0.25, 0.3) is 0 Å². The first kappa shape index (κ1) is 20.4. The summed E-state index contributed by atoms with van der Waals surface area (Å²) in [6.45, 7) is 9.57. The highest BCUT2D eigenvalue weighted by Gasteiger charge is 2.71. The van der Waals surface area contributed by atoms with Crippen LogP contribution in [-0.4, -0.2) is 46.2 Å². The van der Waals surface area contributed by atoms with Crippen LogP contribution in [0.5, 0.6) is 0 Å². The van der Waals surface area contributed by atoms with Crippen LogP contribution < -0.4 is 10.6 Å². The molecule has 4 rings (SSSR count). The minimum absolute atomic E-state index is 0.159. The maximum atomic E-state index is 13.6. The number of carbonyl (C=O) groups excluding carboxylic acids is 3. The highest BCUT2D eigenvalue weighted by atomic mass is 32.2. The highest BCUT2D eigenvalue weighted by molar-refractivity contribution is 7.98. The van der Waals surface area contributed by atoms with Crippen LogP contribution in [0.4, 0.5) is 5.69 Å². The van der Waals surface area contributed by atoms with E-state index in [1.807, 2.05) is 53.0 Å². The van der Waals surface area contributed by atoms with Gasteiger partial charge >= 0.3 is 0 Å². The molecule has 3 aliphatic rings. The molecule has 0 radical (unpaired) electrons. The van der Waals surface area contributed by atoms with Gasteiger partial charge in [-0.3, -0.25) is 24.6 Å². The quantitative estimate of drug-likeness (QED) is 0.742. The first-order valence-corrected chi connectivity index (χ1v) is 11.5. The number of rotatable bonds is 3. The van der Waals surface area contributed by atoms with Crippen molar-refractivity contribution in [1.29, 1.82) is 0 Å². The molecule has 1 aromatic carbocycles. The van der Waals surface area contributed by atoms with Crippen molar-refractivity contribution in [2.24, 2.45) is 11.8 Å². The predicted octanol–water partition coefficient (Wildman–Crippen LogP) is 2.58. The molecule has 0 aliphatic carbocycles. The van der Waals surface area contributed by atoms with E-state index in [9.17, 15) is 14.4 Å². The van der Waals surface area contributed by atoms with Gasteiger partial charge < -0.3 is 5.32 Å². The molecule has 29 heavy (non-hydrogen) atoms. The molecule has 3 heterocycles. The van der Waals surface area contributed by atoms with Gasteiger partial charge in [-0.05, 0) is 58.6 Å². The number of thioether (sulfide) groups is 1. The Balaban J connectivity index is 1.91. The number of imide groups is 1. The molecule has 2 saturated heterocycles. The Kier molecular flexibility index (Phi) is 4.63. The van der Waals surface area contributed by atoms with Crippen LogP contribution in [0.3, 0.4) is 0 Å². The van der Waals surface area contributed by atoms with Gasteiger partial charge in [0.05, 0.1) is 11.8 Å². The number of anilines is 1. The summed E-state index contributed by atoms with van der Waals surface area (Å²) in [6, 6.07) is 3.80. The van der Waals surface area contributed by atoms with Crippen molar-refractivity contribution >= 4 is 35.2 Å². The molecule has 0 saturated carbocycles. The number of likely N-dealkylation sites (tertiary alicyclic amines) is 1. The van der Waals surface area contributed by atoms with Gasteiger partial charge in [0.1, 0.15) is 5.54 Å². The third-order valence-corrected chi connectivity index (χ3v) is 7.11. The van der Waals surface area contributed by atoms with Crippen LogP contribution in [0.15, 0.2) is 12.1 Å². The predicted molar refractivity (Wildman–Crippen MR) is 115 cm³/mol. The third kappa shape index (κ3) is 2.70. The van der Waals surface area contributed by atoms with Crippen molar-refractivity contribution in [2.45, 2.75) is 58.2 Å². The molecule has 0 aromatic heterocycles. The first-order valence-electron chi connectivity index (χ1n) is 10.1. The molecule has 2 N–H and O–H groups in total. The number of hydrogen-bond acceptors (Lipinski definition) is 5. The molecule has 4 atom stereocenters. The van der Waals surface area contributed by atoms with E-state index in [1.54, 1.807) is 11.8 Å². The third-order valence-electron chi connectivity index (χ3n) is 6.47. The Bertz CT molecular complexity index is 923. The zero-order valence-corrected chi connectivity index (χ0v) is 18.7. The van der Waals surface area contributed by atoms with Crippen molar-refractivity contribution < 1.29 is 14.4 Å². The van der Waals surface area contributed by atoms with E-state index in [2.05, 4.69) is 10.6 Å². The van der Waals surface area contributed by atoms with E-state index >= 15 is 0 Å². The summed E-state index contributed by atoms with van der Waals surface area (Å²) >= 11 is 1.70. The first-order chi connectivity index (χ1) is 13.5. The van der Waals surface area contributed by atoms with Gasteiger partial charge in [-0.25, -0.2) is 0 Å². The van der Waals surface area contributed by atoms with Crippen molar-refractivity contribution in [3.05, 3.63) is 28.8 Å². The zero-order chi connectivity index (χ0) is 21.3. The lowest BCUT2D eigenvalue weighted by Gasteiger charge is -2.34. The number of aryl methyl sites for hydroxylation is 2. The van der Waals surface area contributed by atoms with E-state index in [0.717, 1.165) is 34.6 Å². The maximum absolute atomic E-state index is 13.6. The van der Waals surface area contributed by atoms with E-state index in [4.69, 9.17) is 0 Å². The second-order valence-corrected chi connectivity index (χ2v) is 10.5. The van der Waals surface area contributed by atoms with Crippen LogP contribution in [0, 0.1) is 25.7 Å². The van der Waals surface area contributed by atoms with E-state index in [0.29, 0.717) is 0 Å². The molecule has 1 spiro atoms. The topological polar surface area (TPSA) is 78.5 Å². The molecule has 4 unspecified atom stereocenters. The number of benzene rings is 1. The second kappa shape index (κ2) is 6.57. The maximum Gasteiger partial charge on any atom is 0.250 e. The Morgan fingerprint density at radius 1 is 1.14 bits per heavy atom. The Hall–Kier alpha value is -1.86. The number of amides is 3. The summed E-state index contributed by atoms with van der Waals surface area (Å²) in [4.78, 5) is 41.9. The van der Waals surface area contributed by atoms with Gasteiger partial charge in [0.15, 0.2) is 0 Å². The largest absolute Gasteiger partial charge is 0.324 e. The summed E-state index contributed by atoms with van der Waals surface area (Å²) in [5.41, 5.74) is 1.77. The smallest absolute Gasteiger partial charge is 0.250 e. The normalized spacial score (nSPS) is 30.9. The number of hydrogen-bond donors (Lipinski definition) is 2. The minimum Gasteiger partial charge on any atom is -0.324 e. The molecular formula is C22H29N3O3S. The van der Waals surface area contributed by atoms with E-state index in [1.165, 1.54) is 4.90 Å². The van der Waals surface area contributed by atoms with E-state index < -0.39 is 22.9 Å². The Labute approximate surface area is 176 Å². The fourth-order valence-electron chi connectivity index (χ4n) is 5.41. The molecule has 156 valence electrons. The standard InChI is InChI=1S/C22H29N3O3S/c1-11-9-12(2)17-13(10-11)22(20(28)23-17)16-15(14(24-22)7-8-29-6)18(26)25(19(16)27)21(3,4)5/h9-10,14-16,24H,7-8H2,1-6H3,(H,23,28). The SMILES string of the molecule is CSCCC1NC2(C(=O)Nc3c(C)cc(C)cc32)C2C(=O)N(C(C)(C)C)C(=O)C12. The van der Waals surface area contributed by atoms with Gasteiger partial charge in [-0.2, -0.15) is 11.8 Å². The second-order valence-electron chi connectivity index (χ2n) is 9.48. The number of fused-ring (bicyclic) bond motifs is 4. The lowest BCUT2D eigenvalue weighted by atomic mass is 9.76. The summed E-state index contributed by atoms with van der Waals surface area (Å²) in [7, 11) is 0. The Morgan fingerprint density at radius 3 is 2.45 bits per heavy atom. The van der Waals surface area contributed by atoms with Crippen molar-refractivity contribution in [2.75, 3.05) is 17.3 Å². The van der Waals surface area contributed by atoms with Gasteiger partial charge in [0.2, 0.25) is 17.7 Å². The summed E-state index contributed by atoms with van der Waals surface area (Å²) in [6.07, 6.45) is 2.75. The van der Waals surface area contributed by atoms with Crippen LogP contribution >= 0.6 is 11.8 Å². The van der Waals surface area contributed by atoms with Crippen LogP contribution in [-0.2, 0) is 19.9 Å². The number of carbonyl (C=O) groups is 3. The molecular weight excluding hydrogens is 386 g/mol. The van der Waals surface area contributed by atoms with Crippen molar-refractivity contribution in [1.82, 2.24) is 10.2 Å². The Morgan fingerprint density at radius 2 is 1.83 bits per heavy atom. The van der Waals surface area contributed by atoms with Crippen molar-refractivity contribution in [3.8, 4) is 0 Å². The van der Waals surface area contributed by atoms with Crippen molar-refractivity contribution in [3.63, 3.8) is 0 Å². The molecule has 3 aliphatic heterocycles. The van der Waals surface area contributed by atoms with Gasteiger partial charge in [0.25, 0.3) is 0 Å². The molecule has 3 amide bonds. The monoisotopic (exact) mass is 415 g/mol. The zero-order valence-electron chi connectivity index (χ0n) is 17.9. The highest BCUT2D eigenvalue weighted by Crippen LogP contribution is 2.55. The van der Waals surface area contributed by atoms with Gasteiger partial charge in [-0.15, -0.1) is 0 Å².